The van der Waals surface area contributed by atoms with Crippen LogP contribution < -0.4 is 0 Å². The summed E-state index contributed by atoms with van der Waals surface area (Å²) >= 11 is 1.52. The van der Waals surface area contributed by atoms with Crippen molar-refractivity contribution in [3.8, 4) is 0 Å². The number of aryl methyl sites for hydroxylation is 2. The molecule has 1 atom stereocenters. The van der Waals surface area contributed by atoms with Crippen molar-refractivity contribution in [1.82, 2.24) is 14.7 Å². The average Bonchev–Trinajstić information content (AvgIpc) is 3.35. The number of fused-ring (bicyclic) bond motifs is 1. The third-order valence-corrected chi connectivity index (χ3v) is 6.05. The molecule has 2 aromatic heterocycles. The van der Waals surface area contributed by atoms with Crippen LogP contribution in [0.2, 0.25) is 0 Å². The van der Waals surface area contributed by atoms with Gasteiger partial charge in [0.25, 0.3) is 5.91 Å². The van der Waals surface area contributed by atoms with Crippen molar-refractivity contribution in [3.05, 3.63) is 52.5 Å². The van der Waals surface area contributed by atoms with Crippen molar-refractivity contribution in [3.63, 3.8) is 0 Å². The number of rotatable bonds is 5. The molecule has 1 aromatic carbocycles. The zero-order valence-electron chi connectivity index (χ0n) is 15.1. The van der Waals surface area contributed by atoms with Gasteiger partial charge in [-0.15, -0.1) is 11.3 Å². The molecule has 3 aromatic rings. The van der Waals surface area contributed by atoms with E-state index < -0.39 is 0 Å². The third kappa shape index (κ3) is 3.39. The van der Waals surface area contributed by atoms with Crippen LogP contribution in [0, 0.1) is 6.92 Å². The van der Waals surface area contributed by atoms with Gasteiger partial charge >= 0.3 is 0 Å². The summed E-state index contributed by atoms with van der Waals surface area (Å²) < 4.78 is 7.64. The zero-order valence-corrected chi connectivity index (χ0v) is 16.0. The van der Waals surface area contributed by atoms with E-state index in [1.807, 2.05) is 47.8 Å². The molecule has 1 amide bonds. The van der Waals surface area contributed by atoms with Crippen LogP contribution in [-0.4, -0.2) is 39.8 Å². The van der Waals surface area contributed by atoms with Crippen LogP contribution in [0.4, 0.5) is 0 Å². The molecular weight excluding hydrogens is 346 g/mol. The van der Waals surface area contributed by atoms with Crippen molar-refractivity contribution in [2.24, 2.45) is 7.05 Å². The number of thiophene rings is 1. The molecule has 0 N–H and O–H groups in total. The van der Waals surface area contributed by atoms with E-state index in [1.54, 1.807) is 0 Å². The molecule has 6 heteroatoms. The Hall–Kier alpha value is -2.18. The second-order valence-electron chi connectivity index (χ2n) is 6.84. The molecule has 3 heterocycles. The van der Waals surface area contributed by atoms with E-state index in [4.69, 9.17) is 4.74 Å². The lowest BCUT2D eigenvalue weighted by atomic mass is 10.1. The molecule has 4 rings (SSSR count). The molecule has 1 aliphatic rings. The van der Waals surface area contributed by atoms with Crippen molar-refractivity contribution < 1.29 is 9.53 Å². The Morgan fingerprint density at radius 1 is 1.38 bits per heavy atom. The number of carbonyl (C=O) groups excluding carboxylic acids is 1. The maximum absolute atomic E-state index is 13.3. The second kappa shape index (κ2) is 7.21. The maximum Gasteiger partial charge on any atom is 0.264 e. The smallest absolute Gasteiger partial charge is 0.264 e. The Morgan fingerprint density at radius 2 is 2.19 bits per heavy atom. The van der Waals surface area contributed by atoms with Gasteiger partial charge in [-0.1, -0.05) is 30.3 Å². The average molecular weight is 369 g/mol. The maximum atomic E-state index is 13.3. The molecule has 0 aliphatic carbocycles. The first kappa shape index (κ1) is 17.2. The normalized spacial score (nSPS) is 17.1. The number of aromatic nitrogens is 2. The molecule has 1 saturated heterocycles. The fourth-order valence-electron chi connectivity index (χ4n) is 3.52. The number of ether oxygens (including phenoxy) is 1. The van der Waals surface area contributed by atoms with Crippen LogP contribution in [0.3, 0.4) is 0 Å². The van der Waals surface area contributed by atoms with Gasteiger partial charge in [-0.05, 0) is 31.4 Å². The zero-order chi connectivity index (χ0) is 18.1. The standard InChI is InChI=1S/C20H23N3O2S/c1-14-17-11-18(26-20(17)22(2)21-14)19(24)23(13-16-9-6-10-25-16)12-15-7-4-3-5-8-15/h3-5,7-8,11,16H,6,9-10,12-13H2,1-2H3/t16-/m0/s1. The minimum Gasteiger partial charge on any atom is -0.376 e. The summed E-state index contributed by atoms with van der Waals surface area (Å²) in [6.07, 6.45) is 2.24. The SMILES string of the molecule is Cc1nn(C)c2sc(C(=O)N(Cc3ccccc3)C[C@@H]3CCCO3)cc12. The van der Waals surface area contributed by atoms with E-state index in [1.165, 1.54) is 11.3 Å². The fraction of sp³-hybridized carbons (Fsp3) is 0.400. The van der Waals surface area contributed by atoms with E-state index in [2.05, 4.69) is 17.2 Å². The number of nitrogens with zero attached hydrogens (tertiary/aromatic N) is 3. The summed E-state index contributed by atoms with van der Waals surface area (Å²) in [5.41, 5.74) is 2.10. The molecule has 0 spiro atoms. The molecule has 1 fully saturated rings. The van der Waals surface area contributed by atoms with Crippen LogP contribution in [0.15, 0.2) is 36.4 Å². The van der Waals surface area contributed by atoms with Gasteiger partial charge in [0.05, 0.1) is 16.7 Å². The molecule has 0 unspecified atom stereocenters. The highest BCUT2D eigenvalue weighted by Gasteiger charge is 2.25. The van der Waals surface area contributed by atoms with Gasteiger partial charge in [0.1, 0.15) is 4.83 Å². The summed E-state index contributed by atoms with van der Waals surface area (Å²) in [6.45, 7) is 4.02. The molecule has 0 bridgehead atoms. The van der Waals surface area contributed by atoms with Crippen LogP contribution >= 0.6 is 11.3 Å². The molecule has 26 heavy (non-hydrogen) atoms. The van der Waals surface area contributed by atoms with Crippen LogP contribution in [0.1, 0.15) is 33.8 Å². The van der Waals surface area contributed by atoms with Crippen LogP contribution in [0.25, 0.3) is 10.2 Å². The minimum absolute atomic E-state index is 0.0740. The first-order valence-corrected chi connectivity index (χ1v) is 9.81. The van der Waals surface area contributed by atoms with Gasteiger partial charge in [0.15, 0.2) is 0 Å². The Labute approximate surface area is 157 Å². The molecule has 136 valence electrons. The predicted octanol–water partition coefficient (Wildman–Crippen LogP) is 3.76. The van der Waals surface area contributed by atoms with E-state index in [0.29, 0.717) is 13.1 Å². The number of hydrogen-bond donors (Lipinski definition) is 0. The Balaban J connectivity index is 1.61. The summed E-state index contributed by atoms with van der Waals surface area (Å²) in [5.74, 6) is 0.0740. The van der Waals surface area contributed by atoms with Crippen molar-refractivity contribution in [2.75, 3.05) is 13.2 Å². The lowest BCUT2D eigenvalue weighted by molar-refractivity contribution is 0.0511. The van der Waals surface area contributed by atoms with Gasteiger partial charge in [0, 0.05) is 32.1 Å². The Bertz CT molecular complexity index is 875. The van der Waals surface area contributed by atoms with E-state index in [-0.39, 0.29) is 12.0 Å². The topological polar surface area (TPSA) is 47.4 Å². The number of benzene rings is 1. The predicted molar refractivity (Wildman–Crippen MR) is 103 cm³/mol. The van der Waals surface area contributed by atoms with Crippen molar-refractivity contribution in [1.29, 1.82) is 0 Å². The monoisotopic (exact) mass is 369 g/mol. The van der Waals surface area contributed by atoms with Crippen LogP contribution in [0.5, 0.6) is 0 Å². The van der Waals surface area contributed by atoms with E-state index in [9.17, 15) is 4.79 Å². The molecule has 0 radical (unpaired) electrons. The fourth-order valence-corrected chi connectivity index (χ4v) is 4.61. The van der Waals surface area contributed by atoms with Gasteiger partial charge in [0.2, 0.25) is 0 Å². The summed E-state index contributed by atoms with van der Waals surface area (Å²) in [5, 5.41) is 5.50. The summed E-state index contributed by atoms with van der Waals surface area (Å²) in [7, 11) is 1.92. The van der Waals surface area contributed by atoms with E-state index >= 15 is 0 Å². The van der Waals surface area contributed by atoms with Crippen molar-refractivity contribution >= 4 is 27.5 Å². The van der Waals surface area contributed by atoms with Gasteiger partial charge in [-0.2, -0.15) is 5.10 Å². The Morgan fingerprint density at radius 3 is 2.88 bits per heavy atom. The third-order valence-electron chi connectivity index (χ3n) is 4.86. The minimum atomic E-state index is 0.0740. The highest BCUT2D eigenvalue weighted by atomic mass is 32.1. The molecule has 0 saturated carbocycles. The van der Waals surface area contributed by atoms with E-state index in [0.717, 1.165) is 45.8 Å². The highest BCUT2D eigenvalue weighted by molar-refractivity contribution is 7.20. The number of amides is 1. The Kier molecular flexibility index (Phi) is 4.78. The van der Waals surface area contributed by atoms with Gasteiger partial charge in [-0.3, -0.25) is 9.48 Å². The van der Waals surface area contributed by atoms with Crippen molar-refractivity contribution in [2.45, 2.75) is 32.4 Å². The largest absolute Gasteiger partial charge is 0.376 e. The number of carbonyl (C=O) groups is 1. The van der Waals surface area contributed by atoms with Gasteiger partial charge < -0.3 is 9.64 Å². The highest BCUT2D eigenvalue weighted by Crippen LogP contribution is 2.29. The second-order valence-corrected chi connectivity index (χ2v) is 7.88. The quantitative estimate of drug-likeness (QED) is 0.688. The summed E-state index contributed by atoms with van der Waals surface area (Å²) in [4.78, 5) is 17.0. The molecule has 1 aliphatic heterocycles. The lowest BCUT2D eigenvalue weighted by Crippen LogP contribution is -2.36. The first-order chi connectivity index (χ1) is 12.6. The lowest BCUT2D eigenvalue weighted by Gasteiger charge is -2.25. The first-order valence-electron chi connectivity index (χ1n) is 9.00. The summed E-state index contributed by atoms with van der Waals surface area (Å²) in [6, 6.07) is 12.1. The molecular formula is C20H23N3O2S. The van der Waals surface area contributed by atoms with Crippen LogP contribution in [-0.2, 0) is 18.3 Å². The number of hydrogen-bond acceptors (Lipinski definition) is 4. The molecule has 5 nitrogen and oxygen atoms in total. The van der Waals surface area contributed by atoms with Gasteiger partial charge in [-0.25, -0.2) is 0 Å².